The molecule has 0 saturated carbocycles. The van der Waals surface area contributed by atoms with Crippen molar-refractivity contribution in [3.63, 3.8) is 0 Å². The second kappa shape index (κ2) is 17.0. The van der Waals surface area contributed by atoms with Crippen LogP contribution >= 0.6 is 0 Å². The zero-order chi connectivity index (χ0) is 36.4. The summed E-state index contributed by atoms with van der Waals surface area (Å²) in [6.45, 7) is 2.82. The van der Waals surface area contributed by atoms with E-state index in [1.165, 1.54) is 6.07 Å². The molecule has 0 aliphatic rings. The van der Waals surface area contributed by atoms with Crippen molar-refractivity contribution in [2.75, 3.05) is 32.3 Å². The summed E-state index contributed by atoms with van der Waals surface area (Å²) in [5.41, 5.74) is 10.4. The molecule has 0 unspecified atom stereocenters. The Balaban J connectivity index is 1.14. The van der Waals surface area contributed by atoms with Crippen molar-refractivity contribution in [2.45, 2.75) is 37.2 Å². The molecule has 0 heterocycles. The van der Waals surface area contributed by atoms with Crippen LogP contribution in [0, 0.1) is 0 Å². The first-order valence-corrected chi connectivity index (χ1v) is 18.3. The van der Waals surface area contributed by atoms with Gasteiger partial charge >= 0.3 is 5.97 Å². The van der Waals surface area contributed by atoms with Crippen LogP contribution in [-0.2, 0) is 27.8 Å². The standard InChI is InChI=1S/C40H42N2O8S/c1-27(38(43)34-20-21-35(39(37(34)41)51(3,45)46)49-25-28-10-6-4-7-11-28)42-22-23-48-32-17-14-30(15-18-32)33-19-16-31(24-36(33)47-2)40(44)50-26-29-12-8-5-9-13-29/h4-21,24,27,38,42-43H,22-23,25-26,41H2,1-3H3/t27-,38-/m0/s1. The lowest BCUT2D eigenvalue weighted by atomic mass is 10.0. The van der Waals surface area contributed by atoms with Gasteiger partial charge in [-0.25, -0.2) is 13.2 Å². The Morgan fingerprint density at radius 2 is 1.47 bits per heavy atom. The highest BCUT2D eigenvalue weighted by atomic mass is 32.2. The zero-order valence-corrected chi connectivity index (χ0v) is 29.6. The first-order chi connectivity index (χ1) is 24.5. The number of aliphatic hydroxyl groups excluding tert-OH is 1. The highest BCUT2D eigenvalue weighted by Gasteiger charge is 2.26. The average Bonchev–Trinajstić information content (AvgIpc) is 3.14. The molecule has 0 saturated heterocycles. The Hall–Kier alpha value is -5.36. The summed E-state index contributed by atoms with van der Waals surface area (Å²) in [6.07, 6.45) is -0.0330. The van der Waals surface area contributed by atoms with Gasteiger partial charge in [0, 0.05) is 30.0 Å². The molecule has 0 spiro atoms. The van der Waals surface area contributed by atoms with Crippen molar-refractivity contribution in [2.24, 2.45) is 0 Å². The van der Waals surface area contributed by atoms with Gasteiger partial charge in [-0.1, -0.05) is 78.9 Å². The molecule has 5 aromatic carbocycles. The van der Waals surface area contributed by atoms with Gasteiger partial charge < -0.3 is 35.1 Å². The summed E-state index contributed by atoms with van der Waals surface area (Å²) in [6, 6.07) is 34.2. The fourth-order valence-electron chi connectivity index (χ4n) is 5.51. The predicted octanol–water partition coefficient (Wildman–Crippen LogP) is 6.37. The van der Waals surface area contributed by atoms with Crippen molar-refractivity contribution in [3.05, 3.63) is 138 Å². The molecule has 0 amide bonds. The molecule has 4 N–H and O–H groups in total. The number of methoxy groups -OCH3 is 1. The van der Waals surface area contributed by atoms with Gasteiger partial charge in [0.15, 0.2) is 9.84 Å². The van der Waals surface area contributed by atoms with Gasteiger partial charge in [0.1, 0.15) is 42.0 Å². The number of rotatable bonds is 16. The van der Waals surface area contributed by atoms with Crippen LogP contribution in [0.15, 0.2) is 120 Å². The van der Waals surface area contributed by atoms with Crippen LogP contribution in [0.25, 0.3) is 11.1 Å². The Kier molecular flexibility index (Phi) is 12.3. The third-order valence-corrected chi connectivity index (χ3v) is 9.41. The van der Waals surface area contributed by atoms with E-state index < -0.39 is 28.0 Å². The second-order valence-electron chi connectivity index (χ2n) is 12.0. The molecule has 51 heavy (non-hydrogen) atoms. The maximum atomic E-state index is 12.7. The summed E-state index contributed by atoms with van der Waals surface area (Å²) >= 11 is 0. The molecule has 2 atom stereocenters. The summed E-state index contributed by atoms with van der Waals surface area (Å²) in [5.74, 6) is 0.867. The minimum Gasteiger partial charge on any atom is -0.496 e. The number of ether oxygens (including phenoxy) is 4. The number of nitrogens with one attached hydrogen (secondary N) is 1. The van der Waals surface area contributed by atoms with E-state index in [0.29, 0.717) is 30.2 Å². The number of sulfone groups is 1. The van der Waals surface area contributed by atoms with E-state index in [4.69, 9.17) is 24.7 Å². The molecule has 10 nitrogen and oxygen atoms in total. The molecular formula is C40H42N2O8S. The van der Waals surface area contributed by atoms with Crippen molar-refractivity contribution >= 4 is 21.5 Å². The summed E-state index contributed by atoms with van der Waals surface area (Å²) in [7, 11) is -2.22. The third kappa shape index (κ3) is 9.66. The van der Waals surface area contributed by atoms with Gasteiger partial charge in [0.05, 0.1) is 24.5 Å². The number of nitrogens with two attached hydrogens (primary N) is 1. The van der Waals surface area contributed by atoms with E-state index in [-0.39, 0.29) is 35.1 Å². The fraction of sp³-hybridized carbons (Fsp3) is 0.225. The number of carbonyl (C=O) groups is 1. The minimum atomic E-state index is -3.77. The Labute approximate surface area is 298 Å². The molecule has 5 aromatic rings. The number of hydrogen-bond donors (Lipinski definition) is 3. The predicted molar refractivity (Wildman–Crippen MR) is 197 cm³/mol. The van der Waals surface area contributed by atoms with Gasteiger partial charge in [-0.15, -0.1) is 0 Å². The Morgan fingerprint density at radius 3 is 2.10 bits per heavy atom. The topological polar surface area (TPSA) is 146 Å². The number of anilines is 1. The fourth-order valence-corrected chi connectivity index (χ4v) is 6.52. The quantitative estimate of drug-likeness (QED) is 0.0600. The number of carbonyl (C=O) groups excluding carboxylic acids is 1. The van der Waals surface area contributed by atoms with E-state index in [2.05, 4.69) is 5.32 Å². The minimum absolute atomic E-state index is 0.0465. The van der Waals surface area contributed by atoms with Crippen molar-refractivity contribution < 1.29 is 37.3 Å². The molecule has 266 valence electrons. The number of benzene rings is 5. The lowest BCUT2D eigenvalue weighted by Crippen LogP contribution is -2.35. The van der Waals surface area contributed by atoms with Crippen LogP contribution < -0.4 is 25.3 Å². The van der Waals surface area contributed by atoms with Gasteiger partial charge in [0.25, 0.3) is 0 Å². The van der Waals surface area contributed by atoms with E-state index in [1.54, 1.807) is 32.2 Å². The van der Waals surface area contributed by atoms with Crippen LogP contribution in [0.4, 0.5) is 5.69 Å². The monoisotopic (exact) mass is 710 g/mol. The molecule has 0 radical (unpaired) electrons. The molecule has 0 fully saturated rings. The van der Waals surface area contributed by atoms with Crippen LogP contribution in [0.5, 0.6) is 17.2 Å². The lowest BCUT2D eigenvalue weighted by molar-refractivity contribution is 0.0472. The van der Waals surface area contributed by atoms with Crippen LogP contribution in [0.2, 0.25) is 0 Å². The summed E-state index contributed by atoms with van der Waals surface area (Å²) in [5, 5.41) is 14.3. The molecule has 11 heteroatoms. The SMILES string of the molecule is COc1cc(C(=O)OCc2ccccc2)ccc1-c1ccc(OCCN[C@@H](C)[C@H](O)c2ccc(OCc3ccccc3)c(S(C)(=O)=O)c2N)cc1. The molecule has 0 bridgehead atoms. The largest absolute Gasteiger partial charge is 0.496 e. The maximum absolute atomic E-state index is 12.7. The second-order valence-corrected chi connectivity index (χ2v) is 13.9. The Bertz CT molecular complexity index is 2020. The van der Waals surface area contributed by atoms with Gasteiger partial charge in [-0.3, -0.25) is 0 Å². The van der Waals surface area contributed by atoms with Crippen molar-refractivity contribution in [1.29, 1.82) is 0 Å². The highest BCUT2D eigenvalue weighted by Crippen LogP contribution is 2.37. The normalized spacial score (nSPS) is 12.5. The van der Waals surface area contributed by atoms with Crippen molar-refractivity contribution in [3.8, 4) is 28.4 Å². The molecule has 0 aromatic heterocycles. The van der Waals surface area contributed by atoms with Crippen molar-refractivity contribution in [1.82, 2.24) is 5.32 Å². The molecule has 0 aliphatic carbocycles. The molecular weight excluding hydrogens is 669 g/mol. The van der Waals surface area contributed by atoms with E-state index in [0.717, 1.165) is 28.5 Å². The van der Waals surface area contributed by atoms with Gasteiger partial charge in [0.2, 0.25) is 0 Å². The highest BCUT2D eigenvalue weighted by molar-refractivity contribution is 7.91. The summed E-state index contributed by atoms with van der Waals surface area (Å²) in [4.78, 5) is 12.5. The first kappa shape index (κ1) is 36.9. The smallest absolute Gasteiger partial charge is 0.338 e. The van der Waals surface area contributed by atoms with E-state index in [9.17, 15) is 18.3 Å². The number of hydrogen-bond acceptors (Lipinski definition) is 10. The van der Waals surface area contributed by atoms with Crippen LogP contribution in [0.1, 0.15) is 40.1 Å². The average molecular weight is 711 g/mol. The van der Waals surface area contributed by atoms with Crippen LogP contribution in [0.3, 0.4) is 0 Å². The molecule has 5 rings (SSSR count). The van der Waals surface area contributed by atoms with E-state index in [1.807, 2.05) is 91.0 Å². The lowest BCUT2D eigenvalue weighted by Gasteiger charge is -2.24. The van der Waals surface area contributed by atoms with Gasteiger partial charge in [-0.2, -0.15) is 0 Å². The maximum Gasteiger partial charge on any atom is 0.338 e. The third-order valence-electron chi connectivity index (χ3n) is 8.25. The first-order valence-electron chi connectivity index (χ1n) is 16.4. The zero-order valence-electron chi connectivity index (χ0n) is 28.7. The van der Waals surface area contributed by atoms with Crippen LogP contribution in [-0.4, -0.2) is 52.1 Å². The van der Waals surface area contributed by atoms with Gasteiger partial charge in [-0.05, 0) is 60.0 Å². The summed E-state index contributed by atoms with van der Waals surface area (Å²) < 4.78 is 48.2. The number of esters is 1. The van der Waals surface area contributed by atoms with E-state index >= 15 is 0 Å². The number of aliphatic hydroxyl groups is 1. The Morgan fingerprint density at radius 1 is 0.824 bits per heavy atom. The number of nitrogen functional groups attached to an aromatic ring is 1. The molecule has 0 aliphatic heterocycles.